The molecule has 1 aromatic rings. The van der Waals surface area contributed by atoms with E-state index in [9.17, 15) is 4.79 Å². The molecule has 1 aliphatic rings. The van der Waals surface area contributed by atoms with Gasteiger partial charge in [-0.25, -0.2) is 0 Å². The van der Waals surface area contributed by atoms with Gasteiger partial charge in [0.25, 0.3) is 0 Å². The summed E-state index contributed by atoms with van der Waals surface area (Å²) in [5.41, 5.74) is 3.15. The Morgan fingerprint density at radius 2 is 2.20 bits per heavy atom. The highest BCUT2D eigenvalue weighted by Crippen LogP contribution is 2.34. The average Bonchev–Trinajstić information content (AvgIpc) is 3.15. The van der Waals surface area contributed by atoms with E-state index in [1.165, 1.54) is 12.8 Å². The monoisotopic (exact) mass is 279 g/mol. The van der Waals surface area contributed by atoms with Crippen molar-refractivity contribution in [3.05, 3.63) is 17.0 Å². The maximum Gasteiger partial charge on any atom is 0.220 e. The van der Waals surface area contributed by atoms with Crippen LogP contribution in [0.5, 0.6) is 0 Å². The lowest BCUT2D eigenvalue weighted by Crippen LogP contribution is -2.37. The van der Waals surface area contributed by atoms with E-state index in [-0.39, 0.29) is 24.5 Å². The molecule has 0 spiro atoms. The molecule has 0 bridgehead atoms. The van der Waals surface area contributed by atoms with Crippen molar-refractivity contribution in [2.75, 3.05) is 6.61 Å². The maximum absolute atomic E-state index is 12.2. The van der Waals surface area contributed by atoms with Crippen molar-refractivity contribution in [1.82, 2.24) is 15.5 Å². The van der Waals surface area contributed by atoms with E-state index >= 15 is 0 Å². The summed E-state index contributed by atoms with van der Waals surface area (Å²) in [6, 6.07) is 0.145. The average molecular weight is 279 g/mol. The molecule has 0 radical (unpaired) electrons. The van der Waals surface area contributed by atoms with Gasteiger partial charge in [-0.15, -0.1) is 0 Å². The van der Waals surface area contributed by atoms with Crippen molar-refractivity contribution in [3.63, 3.8) is 0 Å². The summed E-state index contributed by atoms with van der Waals surface area (Å²) in [4.78, 5) is 12.2. The van der Waals surface area contributed by atoms with E-state index in [0.29, 0.717) is 18.8 Å². The van der Waals surface area contributed by atoms with E-state index < -0.39 is 0 Å². The Kier molecular flexibility index (Phi) is 4.81. The van der Waals surface area contributed by atoms with Gasteiger partial charge in [0.2, 0.25) is 5.91 Å². The maximum atomic E-state index is 12.2. The lowest BCUT2D eigenvalue weighted by atomic mass is 9.95. The molecule has 1 aromatic heterocycles. The molecule has 1 saturated carbocycles. The van der Waals surface area contributed by atoms with Gasteiger partial charge in [-0.2, -0.15) is 5.10 Å². The van der Waals surface area contributed by atoms with Gasteiger partial charge in [-0.05, 0) is 50.5 Å². The molecule has 1 fully saturated rings. The normalized spacial score (nSPS) is 17.8. The number of carbonyl (C=O) groups is 1. The second-order valence-corrected chi connectivity index (χ2v) is 5.98. The van der Waals surface area contributed by atoms with Crippen LogP contribution >= 0.6 is 0 Å². The number of aliphatic hydroxyl groups is 1. The second kappa shape index (κ2) is 6.39. The molecular weight excluding hydrogens is 254 g/mol. The molecule has 1 amide bonds. The zero-order valence-corrected chi connectivity index (χ0v) is 12.6. The van der Waals surface area contributed by atoms with Gasteiger partial charge < -0.3 is 10.4 Å². The molecule has 0 aliphatic heterocycles. The third-order valence-corrected chi connectivity index (χ3v) is 4.15. The first kappa shape index (κ1) is 15.0. The van der Waals surface area contributed by atoms with Crippen molar-refractivity contribution in [1.29, 1.82) is 0 Å². The Balaban J connectivity index is 1.90. The highest BCUT2D eigenvalue weighted by molar-refractivity contribution is 5.77. The SMILES string of the molecule is Cc1n[nH]c(C)c1C(C)CC(=O)NC(CCO)C1CC1. The van der Waals surface area contributed by atoms with Crippen LogP contribution in [0.4, 0.5) is 0 Å². The third kappa shape index (κ3) is 3.60. The fourth-order valence-corrected chi connectivity index (χ4v) is 2.99. The highest BCUT2D eigenvalue weighted by atomic mass is 16.3. The summed E-state index contributed by atoms with van der Waals surface area (Å²) in [6.07, 6.45) is 3.46. The van der Waals surface area contributed by atoms with Gasteiger partial charge in [0.1, 0.15) is 0 Å². The Hall–Kier alpha value is -1.36. The molecule has 0 aromatic carbocycles. The predicted octanol–water partition coefficient (Wildman–Crippen LogP) is 1.80. The van der Waals surface area contributed by atoms with Gasteiger partial charge in [-0.1, -0.05) is 6.92 Å². The number of aromatic amines is 1. The minimum absolute atomic E-state index is 0.0721. The van der Waals surface area contributed by atoms with Crippen LogP contribution < -0.4 is 5.32 Å². The summed E-state index contributed by atoms with van der Waals surface area (Å²) in [6.45, 7) is 6.15. The van der Waals surface area contributed by atoms with E-state index in [1.807, 2.05) is 13.8 Å². The number of rotatable bonds is 7. The summed E-state index contributed by atoms with van der Waals surface area (Å²) in [5.74, 6) is 0.796. The predicted molar refractivity (Wildman–Crippen MR) is 77.5 cm³/mol. The Morgan fingerprint density at radius 1 is 1.50 bits per heavy atom. The Bertz CT molecular complexity index is 446. The number of amides is 1. The van der Waals surface area contributed by atoms with Crippen molar-refractivity contribution >= 4 is 5.91 Å². The van der Waals surface area contributed by atoms with E-state index in [1.54, 1.807) is 0 Å². The molecule has 20 heavy (non-hydrogen) atoms. The lowest BCUT2D eigenvalue weighted by molar-refractivity contribution is -0.122. The van der Waals surface area contributed by atoms with Crippen molar-refractivity contribution in [2.45, 2.75) is 58.4 Å². The standard InChI is InChI=1S/C15H25N3O2/c1-9(15-10(2)17-18-11(15)3)8-14(20)16-13(6-7-19)12-4-5-12/h9,12-13,19H,4-8H2,1-3H3,(H,16,20)(H,17,18). The smallest absolute Gasteiger partial charge is 0.220 e. The Morgan fingerprint density at radius 3 is 2.70 bits per heavy atom. The van der Waals surface area contributed by atoms with Gasteiger partial charge in [0.05, 0.1) is 5.69 Å². The van der Waals surface area contributed by atoms with Crippen LogP contribution in [0.25, 0.3) is 0 Å². The van der Waals surface area contributed by atoms with E-state index in [4.69, 9.17) is 5.11 Å². The highest BCUT2D eigenvalue weighted by Gasteiger charge is 2.32. The van der Waals surface area contributed by atoms with Crippen LogP contribution in [0.1, 0.15) is 55.5 Å². The zero-order chi connectivity index (χ0) is 14.7. The fourth-order valence-electron chi connectivity index (χ4n) is 2.99. The minimum atomic E-state index is 0.0721. The van der Waals surface area contributed by atoms with Crippen molar-refractivity contribution < 1.29 is 9.90 Å². The van der Waals surface area contributed by atoms with Crippen LogP contribution in [0.3, 0.4) is 0 Å². The number of hydrogen-bond donors (Lipinski definition) is 3. The van der Waals surface area contributed by atoms with Gasteiger partial charge in [0, 0.05) is 24.8 Å². The quantitative estimate of drug-likeness (QED) is 0.712. The number of carbonyl (C=O) groups excluding carboxylic acids is 1. The summed E-state index contributed by atoms with van der Waals surface area (Å²) < 4.78 is 0. The summed E-state index contributed by atoms with van der Waals surface area (Å²) in [7, 11) is 0. The number of aromatic nitrogens is 2. The summed E-state index contributed by atoms with van der Waals surface area (Å²) in [5, 5.41) is 19.3. The number of nitrogens with one attached hydrogen (secondary N) is 2. The number of hydrogen-bond acceptors (Lipinski definition) is 3. The lowest BCUT2D eigenvalue weighted by Gasteiger charge is -2.19. The van der Waals surface area contributed by atoms with Crippen molar-refractivity contribution in [3.8, 4) is 0 Å². The largest absolute Gasteiger partial charge is 0.396 e. The number of nitrogens with zero attached hydrogens (tertiary/aromatic N) is 1. The molecule has 1 aliphatic carbocycles. The van der Waals surface area contributed by atoms with Crippen LogP contribution in [0.2, 0.25) is 0 Å². The first-order chi connectivity index (χ1) is 9.52. The van der Waals surface area contributed by atoms with Crippen LogP contribution in [-0.4, -0.2) is 33.9 Å². The molecule has 0 saturated heterocycles. The molecule has 2 atom stereocenters. The number of H-pyrrole nitrogens is 1. The van der Waals surface area contributed by atoms with Gasteiger partial charge >= 0.3 is 0 Å². The molecular formula is C15H25N3O2. The zero-order valence-electron chi connectivity index (χ0n) is 12.6. The second-order valence-electron chi connectivity index (χ2n) is 5.98. The molecule has 2 rings (SSSR count). The molecule has 3 N–H and O–H groups in total. The fraction of sp³-hybridized carbons (Fsp3) is 0.733. The number of aryl methyl sites for hydroxylation is 2. The molecule has 5 nitrogen and oxygen atoms in total. The third-order valence-electron chi connectivity index (χ3n) is 4.15. The first-order valence-corrected chi connectivity index (χ1v) is 7.44. The Labute approximate surface area is 120 Å². The van der Waals surface area contributed by atoms with Crippen LogP contribution in [0, 0.1) is 19.8 Å². The van der Waals surface area contributed by atoms with Crippen molar-refractivity contribution in [2.24, 2.45) is 5.92 Å². The van der Waals surface area contributed by atoms with Crippen LogP contribution in [-0.2, 0) is 4.79 Å². The topological polar surface area (TPSA) is 78.0 Å². The first-order valence-electron chi connectivity index (χ1n) is 7.44. The van der Waals surface area contributed by atoms with E-state index in [2.05, 4.69) is 22.4 Å². The minimum Gasteiger partial charge on any atom is -0.396 e. The number of aliphatic hydroxyl groups excluding tert-OH is 1. The molecule has 1 heterocycles. The van der Waals surface area contributed by atoms with E-state index in [0.717, 1.165) is 17.0 Å². The molecule has 5 heteroatoms. The van der Waals surface area contributed by atoms with Gasteiger partial charge in [-0.3, -0.25) is 9.89 Å². The van der Waals surface area contributed by atoms with Crippen LogP contribution in [0.15, 0.2) is 0 Å². The molecule has 2 unspecified atom stereocenters. The summed E-state index contributed by atoms with van der Waals surface area (Å²) >= 11 is 0. The molecule has 112 valence electrons. The van der Waals surface area contributed by atoms with Gasteiger partial charge in [0.15, 0.2) is 0 Å².